The fourth-order valence-corrected chi connectivity index (χ4v) is 4.11. The van der Waals surface area contributed by atoms with Crippen LogP contribution in [0.15, 0.2) is 18.2 Å². The van der Waals surface area contributed by atoms with Gasteiger partial charge in [-0.25, -0.2) is 0 Å². The molecule has 1 aromatic carbocycles. The molecule has 11 heteroatoms. The van der Waals surface area contributed by atoms with Gasteiger partial charge in [-0.1, -0.05) is 19.1 Å². The molecule has 0 aliphatic heterocycles. The zero-order valence-electron chi connectivity index (χ0n) is 14.8. The van der Waals surface area contributed by atoms with Gasteiger partial charge in [-0.2, -0.15) is 26.3 Å². The maximum absolute atomic E-state index is 13.0. The Bertz CT molecular complexity index is 677. The average Bonchev–Trinajstić information content (AvgIpc) is 2.49. The fraction of sp³-hybridized carbons (Fsp3) is 0.500. The number of halogens is 6. The molecule has 0 aliphatic carbocycles. The molecule has 0 N–H and O–H groups in total. The number of hydrogen-bond donors (Lipinski definition) is 0. The van der Waals surface area contributed by atoms with E-state index in [1.54, 1.807) is 20.8 Å². The van der Waals surface area contributed by atoms with Crippen molar-refractivity contribution in [1.29, 1.82) is 0 Å². The summed E-state index contributed by atoms with van der Waals surface area (Å²) in [6.07, 6.45) is -10.0. The van der Waals surface area contributed by atoms with Crippen molar-refractivity contribution in [3.05, 3.63) is 34.9 Å². The number of carbonyl (C=O) groups excluding carboxylic acids is 1. The smallest absolute Gasteiger partial charge is 0.272 e. The van der Waals surface area contributed by atoms with Gasteiger partial charge >= 0.3 is 12.4 Å². The Balaban J connectivity index is 3.46. The summed E-state index contributed by atoms with van der Waals surface area (Å²) in [6, 6.07) is 0.836. The number of rotatable bonds is 2. The van der Waals surface area contributed by atoms with E-state index in [4.69, 9.17) is 12.2 Å². The maximum Gasteiger partial charge on any atom is 0.416 e. The van der Waals surface area contributed by atoms with Gasteiger partial charge in [0.2, 0.25) is 0 Å². The number of thioether (sulfide) groups is 1. The van der Waals surface area contributed by atoms with Gasteiger partial charge in [0.1, 0.15) is 3.53 Å². The highest BCUT2D eigenvalue weighted by Gasteiger charge is 2.39. The lowest BCUT2D eigenvalue weighted by atomic mass is 10.0. The quantitative estimate of drug-likeness (QED) is 0.286. The third-order valence-corrected chi connectivity index (χ3v) is 5.78. The van der Waals surface area contributed by atoms with Crippen molar-refractivity contribution in [3.8, 4) is 0 Å². The number of thiocarbonyl (C=S) groups is 1. The highest BCUT2D eigenvalue weighted by molar-refractivity contribution is 8.46. The van der Waals surface area contributed by atoms with Gasteiger partial charge in [0.15, 0.2) is 0 Å². The molecule has 1 aromatic rings. The van der Waals surface area contributed by atoms with E-state index in [1.807, 2.05) is 6.92 Å². The Hall–Kier alpha value is -0.940. The predicted octanol–water partition coefficient (Wildman–Crippen LogP) is 6.65. The third kappa shape index (κ3) is 6.86. The molecule has 2 nitrogen and oxygen atoms in total. The fourth-order valence-electron chi connectivity index (χ4n) is 1.90. The zero-order chi connectivity index (χ0) is 21.2. The molecule has 0 saturated carbocycles. The van der Waals surface area contributed by atoms with Crippen LogP contribution in [0.5, 0.6) is 0 Å². The SMILES string of the molecule is CCSC(=S)SN(C(=O)c1cc(C(F)(F)F)cc(C(F)(F)F)c1)C(C)(C)C. The Labute approximate surface area is 167 Å². The Kier molecular flexibility index (Phi) is 7.68. The second-order valence-corrected chi connectivity index (χ2v) is 9.75. The summed E-state index contributed by atoms with van der Waals surface area (Å²) in [4.78, 5) is 12.8. The van der Waals surface area contributed by atoms with Gasteiger partial charge < -0.3 is 0 Å². The largest absolute Gasteiger partial charge is 0.416 e. The van der Waals surface area contributed by atoms with E-state index in [0.717, 1.165) is 16.3 Å². The minimum absolute atomic E-state index is 0.0110. The van der Waals surface area contributed by atoms with Gasteiger partial charge in [-0.05, 0) is 44.7 Å². The van der Waals surface area contributed by atoms with E-state index in [9.17, 15) is 31.1 Å². The van der Waals surface area contributed by atoms with Crippen LogP contribution in [0.2, 0.25) is 0 Å². The normalized spacial score (nSPS) is 12.8. The first-order chi connectivity index (χ1) is 12.1. The number of nitrogens with zero attached hydrogens (tertiary/aromatic N) is 1. The molecule has 0 unspecified atom stereocenters. The molecule has 1 rings (SSSR count). The molecular formula is C16H17F6NOS3. The predicted molar refractivity (Wildman–Crippen MR) is 101 cm³/mol. The van der Waals surface area contributed by atoms with E-state index >= 15 is 0 Å². The molecule has 0 aromatic heterocycles. The van der Waals surface area contributed by atoms with Crippen LogP contribution in [-0.2, 0) is 12.4 Å². The first kappa shape index (κ1) is 24.1. The van der Waals surface area contributed by atoms with Crippen LogP contribution >= 0.6 is 35.9 Å². The van der Waals surface area contributed by atoms with E-state index in [0.29, 0.717) is 21.4 Å². The van der Waals surface area contributed by atoms with E-state index in [-0.39, 0.29) is 6.07 Å². The average molecular weight is 450 g/mol. The topological polar surface area (TPSA) is 20.3 Å². The molecule has 0 fully saturated rings. The van der Waals surface area contributed by atoms with Gasteiger partial charge in [0, 0.05) is 23.1 Å². The zero-order valence-corrected chi connectivity index (χ0v) is 17.2. The molecule has 152 valence electrons. The summed E-state index contributed by atoms with van der Waals surface area (Å²) in [7, 11) is 0. The lowest BCUT2D eigenvalue weighted by Crippen LogP contribution is -2.41. The van der Waals surface area contributed by atoms with Crippen LogP contribution in [0.1, 0.15) is 49.2 Å². The van der Waals surface area contributed by atoms with E-state index in [1.165, 1.54) is 11.8 Å². The van der Waals surface area contributed by atoms with Crippen LogP contribution in [-0.4, -0.2) is 25.0 Å². The Morgan fingerprint density at radius 3 is 1.78 bits per heavy atom. The number of benzene rings is 1. The van der Waals surface area contributed by atoms with Crippen molar-refractivity contribution in [1.82, 2.24) is 4.31 Å². The standard InChI is InChI=1S/C16H17F6NOS3/c1-5-26-13(25)27-23(14(2,3)4)12(24)9-6-10(15(17,18)19)8-11(7-9)16(20,21)22/h6-8H,5H2,1-4H3. The molecule has 0 bridgehead atoms. The van der Waals surface area contributed by atoms with Crippen molar-refractivity contribution in [3.63, 3.8) is 0 Å². The van der Waals surface area contributed by atoms with Gasteiger partial charge in [-0.3, -0.25) is 9.10 Å². The van der Waals surface area contributed by atoms with Crippen LogP contribution in [0.25, 0.3) is 0 Å². The monoisotopic (exact) mass is 449 g/mol. The lowest BCUT2D eigenvalue weighted by molar-refractivity contribution is -0.143. The minimum Gasteiger partial charge on any atom is -0.272 e. The van der Waals surface area contributed by atoms with Crippen molar-refractivity contribution in [2.45, 2.75) is 45.6 Å². The molecule has 27 heavy (non-hydrogen) atoms. The third-order valence-electron chi connectivity index (χ3n) is 3.06. The highest BCUT2D eigenvalue weighted by atomic mass is 32.2. The Morgan fingerprint density at radius 2 is 1.44 bits per heavy atom. The van der Waals surface area contributed by atoms with Crippen molar-refractivity contribution in [2.24, 2.45) is 0 Å². The second kappa shape index (κ2) is 8.60. The number of amides is 1. The van der Waals surface area contributed by atoms with Crippen molar-refractivity contribution in [2.75, 3.05) is 5.75 Å². The molecule has 0 spiro atoms. The van der Waals surface area contributed by atoms with E-state index in [2.05, 4.69) is 0 Å². The molecule has 1 amide bonds. The highest BCUT2D eigenvalue weighted by Crippen LogP contribution is 2.38. The molecule has 0 atom stereocenters. The van der Waals surface area contributed by atoms with Crippen LogP contribution in [0.3, 0.4) is 0 Å². The van der Waals surface area contributed by atoms with Crippen molar-refractivity contribution < 1.29 is 31.1 Å². The summed E-state index contributed by atoms with van der Waals surface area (Å²) >= 11 is 7.17. The van der Waals surface area contributed by atoms with Gasteiger partial charge in [-0.15, -0.1) is 11.8 Å². The van der Waals surface area contributed by atoms with Crippen LogP contribution in [0.4, 0.5) is 26.3 Å². The lowest BCUT2D eigenvalue weighted by Gasteiger charge is -2.34. The van der Waals surface area contributed by atoms with Crippen LogP contribution < -0.4 is 0 Å². The number of hydrogen-bond acceptors (Lipinski definition) is 4. The van der Waals surface area contributed by atoms with Gasteiger partial charge in [0.25, 0.3) is 5.91 Å². The minimum atomic E-state index is -5.02. The summed E-state index contributed by atoms with van der Waals surface area (Å²) in [6.45, 7) is 6.64. The first-order valence-electron chi connectivity index (χ1n) is 7.56. The molecular weight excluding hydrogens is 432 g/mol. The molecule has 0 aliphatic rings. The van der Waals surface area contributed by atoms with E-state index < -0.39 is 40.5 Å². The summed E-state index contributed by atoms with van der Waals surface area (Å²) in [5.41, 5.74) is -4.67. The maximum atomic E-state index is 13.0. The summed E-state index contributed by atoms with van der Waals surface area (Å²) in [5, 5.41) is 0. The second-order valence-electron chi connectivity index (χ2n) is 6.34. The summed E-state index contributed by atoms with van der Waals surface area (Å²) in [5.74, 6) is -0.372. The first-order valence-corrected chi connectivity index (χ1v) is 9.73. The van der Waals surface area contributed by atoms with Gasteiger partial charge in [0.05, 0.1) is 11.1 Å². The number of alkyl halides is 6. The van der Waals surface area contributed by atoms with Crippen molar-refractivity contribution >= 4 is 45.4 Å². The summed E-state index contributed by atoms with van der Waals surface area (Å²) < 4.78 is 79.6. The Morgan fingerprint density at radius 1 is 1.00 bits per heavy atom. The van der Waals surface area contributed by atoms with Crippen LogP contribution in [0, 0.1) is 0 Å². The molecule has 0 heterocycles. The molecule has 0 saturated heterocycles. The molecule has 0 radical (unpaired) electrons. The number of carbonyl (C=O) groups is 1.